The van der Waals surface area contributed by atoms with Crippen LogP contribution in [0.1, 0.15) is 32.1 Å². The first-order valence-corrected chi connectivity index (χ1v) is 6.40. The third-order valence-electron chi connectivity index (χ3n) is 3.65. The van der Waals surface area contributed by atoms with E-state index in [2.05, 4.69) is 6.26 Å². The lowest BCUT2D eigenvalue weighted by Gasteiger charge is -2.08. The number of hydrogen-bond donors (Lipinski definition) is 1. The third-order valence-corrected chi connectivity index (χ3v) is 4.26. The zero-order chi connectivity index (χ0) is 8.60. The summed E-state index contributed by atoms with van der Waals surface area (Å²) >= 11 is 1.85. The second-order valence-electron chi connectivity index (χ2n) is 4.23. The first-order valence-electron chi connectivity index (χ1n) is 5.00. The predicted molar refractivity (Wildman–Crippen MR) is 53.4 cm³/mol. The van der Waals surface area contributed by atoms with Gasteiger partial charge in [-0.2, -0.15) is 11.8 Å². The van der Waals surface area contributed by atoms with Crippen molar-refractivity contribution in [2.45, 2.75) is 37.7 Å². The Balaban J connectivity index is 1.87. The molecule has 0 aromatic carbocycles. The van der Waals surface area contributed by atoms with Gasteiger partial charge in [-0.3, -0.25) is 0 Å². The summed E-state index contributed by atoms with van der Waals surface area (Å²) in [7, 11) is 0. The second kappa shape index (κ2) is 3.22. The molecule has 2 atom stereocenters. The Kier molecular flexibility index (Phi) is 2.39. The van der Waals surface area contributed by atoms with Crippen LogP contribution in [-0.4, -0.2) is 22.7 Å². The highest BCUT2D eigenvalue weighted by Crippen LogP contribution is 2.60. The van der Waals surface area contributed by atoms with Crippen LogP contribution in [0.2, 0.25) is 0 Å². The molecular formula is C10H18OS. The van der Waals surface area contributed by atoms with E-state index in [0.717, 1.165) is 12.2 Å². The van der Waals surface area contributed by atoms with Gasteiger partial charge >= 0.3 is 0 Å². The molecule has 0 aromatic rings. The normalized spacial score (nSPS) is 45.5. The topological polar surface area (TPSA) is 20.2 Å². The van der Waals surface area contributed by atoms with Crippen LogP contribution in [-0.2, 0) is 0 Å². The Bertz CT molecular complexity index is 157. The van der Waals surface area contributed by atoms with E-state index in [-0.39, 0.29) is 5.60 Å². The van der Waals surface area contributed by atoms with Crippen LogP contribution in [0.5, 0.6) is 0 Å². The smallest absolute Gasteiger partial charge is 0.0719 e. The van der Waals surface area contributed by atoms with Gasteiger partial charge in [-0.15, -0.1) is 0 Å². The van der Waals surface area contributed by atoms with Crippen molar-refractivity contribution < 1.29 is 5.11 Å². The summed E-state index contributed by atoms with van der Waals surface area (Å²) in [4.78, 5) is 0. The molecule has 0 radical (unpaired) electrons. The molecule has 2 saturated carbocycles. The van der Waals surface area contributed by atoms with Crippen LogP contribution in [0.4, 0.5) is 0 Å². The summed E-state index contributed by atoms with van der Waals surface area (Å²) in [6, 6.07) is 0. The van der Waals surface area contributed by atoms with Crippen LogP contribution in [0.3, 0.4) is 0 Å². The average molecular weight is 186 g/mol. The lowest BCUT2D eigenvalue weighted by molar-refractivity contribution is 0.115. The predicted octanol–water partition coefficient (Wildman–Crippen LogP) is 2.29. The Morgan fingerprint density at radius 2 is 1.92 bits per heavy atom. The second-order valence-corrected chi connectivity index (χ2v) is 5.22. The van der Waals surface area contributed by atoms with Crippen LogP contribution in [0.15, 0.2) is 0 Å². The zero-order valence-electron chi connectivity index (χ0n) is 7.75. The molecule has 0 saturated heterocycles. The summed E-state index contributed by atoms with van der Waals surface area (Å²) in [5.41, 5.74) is -0.223. The number of fused-ring (bicyclic) bond motifs is 1. The largest absolute Gasteiger partial charge is 0.389 e. The molecule has 2 aliphatic rings. The Morgan fingerprint density at radius 3 is 2.42 bits per heavy atom. The van der Waals surface area contributed by atoms with Crippen molar-refractivity contribution in [3.63, 3.8) is 0 Å². The van der Waals surface area contributed by atoms with E-state index in [0.29, 0.717) is 11.8 Å². The maximum atomic E-state index is 10.2. The molecule has 2 heteroatoms. The van der Waals surface area contributed by atoms with Gasteiger partial charge in [-0.05, 0) is 43.1 Å². The lowest BCUT2D eigenvalue weighted by atomic mass is 10.0. The van der Waals surface area contributed by atoms with E-state index in [9.17, 15) is 5.11 Å². The highest BCUT2D eigenvalue weighted by Gasteiger charge is 2.62. The van der Waals surface area contributed by atoms with Crippen molar-refractivity contribution in [3.8, 4) is 0 Å². The van der Waals surface area contributed by atoms with E-state index in [1.54, 1.807) is 0 Å². The van der Waals surface area contributed by atoms with Crippen LogP contribution in [0, 0.1) is 11.8 Å². The molecule has 2 fully saturated rings. The van der Waals surface area contributed by atoms with E-state index in [1.165, 1.54) is 25.7 Å². The fraction of sp³-hybridized carbons (Fsp3) is 1.00. The summed E-state index contributed by atoms with van der Waals surface area (Å²) in [5.74, 6) is 2.49. The van der Waals surface area contributed by atoms with E-state index in [1.807, 2.05) is 11.8 Å². The van der Waals surface area contributed by atoms with Gasteiger partial charge in [0.15, 0.2) is 0 Å². The SMILES string of the molecule is CSCCC1(O)C2CCCCC21. The molecule has 1 N–H and O–H groups in total. The number of rotatable bonds is 3. The van der Waals surface area contributed by atoms with Gasteiger partial charge in [-0.1, -0.05) is 12.8 Å². The molecule has 70 valence electrons. The summed E-state index contributed by atoms with van der Waals surface area (Å²) in [6.07, 6.45) is 8.43. The maximum absolute atomic E-state index is 10.2. The van der Waals surface area contributed by atoms with Gasteiger partial charge in [0.25, 0.3) is 0 Å². The van der Waals surface area contributed by atoms with Crippen molar-refractivity contribution >= 4 is 11.8 Å². The number of aliphatic hydroxyl groups is 1. The molecular weight excluding hydrogens is 168 g/mol. The van der Waals surface area contributed by atoms with Gasteiger partial charge in [0.1, 0.15) is 0 Å². The average Bonchev–Trinajstić information content (AvgIpc) is 2.71. The fourth-order valence-corrected chi connectivity index (χ4v) is 3.39. The molecule has 1 nitrogen and oxygen atoms in total. The van der Waals surface area contributed by atoms with Crippen molar-refractivity contribution in [2.24, 2.45) is 11.8 Å². The van der Waals surface area contributed by atoms with Gasteiger partial charge in [0, 0.05) is 0 Å². The van der Waals surface area contributed by atoms with E-state index < -0.39 is 0 Å². The monoisotopic (exact) mass is 186 g/mol. The van der Waals surface area contributed by atoms with E-state index >= 15 is 0 Å². The van der Waals surface area contributed by atoms with Crippen molar-refractivity contribution in [2.75, 3.05) is 12.0 Å². The summed E-state index contributed by atoms with van der Waals surface area (Å²) in [6.45, 7) is 0. The molecule has 0 bridgehead atoms. The lowest BCUT2D eigenvalue weighted by Crippen LogP contribution is -2.13. The highest BCUT2D eigenvalue weighted by atomic mass is 32.2. The molecule has 0 heterocycles. The highest BCUT2D eigenvalue weighted by molar-refractivity contribution is 7.98. The molecule has 2 aliphatic carbocycles. The quantitative estimate of drug-likeness (QED) is 0.730. The van der Waals surface area contributed by atoms with Crippen molar-refractivity contribution in [1.82, 2.24) is 0 Å². The minimum absolute atomic E-state index is 0.223. The molecule has 0 amide bonds. The Morgan fingerprint density at radius 1 is 1.33 bits per heavy atom. The minimum atomic E-state index is -0.223. The summed E-state index contributed by atoms with van der Waals surface area (Å²) in [5, 5.41) is 10.2. The van der Waals surface area contributed by atoms with Crippen LogP contribution in [0.25, 0.3) is 0 Å². The van der Waals surface area contributed by atoms with E-state index in [4.69, 9.17) is 0 Å². The van der Waals surface area contributed by atoms with Crippen LogP contribution < -0.4 is 0 Å². The fourth-order valence-electron chi connectivity index (χ4n) is 2.85. The van der Waals surface area contributed by atoms with Gasteiger partial charge in [0.2, 0.25) is 0 Å². The van der Waals surface area contributed by atoms with Crippen molar-refractivity contribution in [1.29, 1.82) is 0 Å². The summed E-state index contributed by atoms with van der Waals surface area (Å²) < 4.78 is 0. The van der Waals surface area contributed by atoms with Gasteiger partial charge < -0.3 is 5.11 Å². The number of hydrogen-bond acceptors (Lipinski definition) is 2. The first kappa shape index (κ1) is 8.89. The zero-order valence-corrected chi connectivity index (χ0v) is 8.57. The molecule has 0 aliphatic heterocycles. The molecule has 2 unspecified atom stereocenters. The standard InChI is InChI=1S/C10H18OS/c1-12-7-6-10(11)8-4-2-3-5-9(8)10/h8-9,11H,2-7H2,1H3. The Hall–Kier alpha value is 0.310. The Labute approximate surface area is 78.9 Å². The molecule has 12 heavy (non-hydrogen) atoms. The minimum Gasteiger partial charge on any atom is -0.389 e. The van der Waals surface area contributed by atoms with Crippen LogP contribution >= 0.6 is 11.8 Å². The van der Waals surface area contributed by atoms with Crippen molar-refractivity contribution in [3.05, 3.63) is 0 Å². The maximum Gasteiger partial charge on any atom is 0.0719 e. The molecule has 2 rings (SSSR count). The number of thioether (sulfide) groups is 1. The van der Waals surface area contributed by atoms with Gasteiger partial charge in [0.05, 0.1) is 5.60 Å². The molecule has 0 spiro atoms. The van der Waals surface area contributed by atoms with Gasteiger partial charge in [-0.25, -0.2) is 0 Å². The molecule has 0 aromatic heterocycles. The first-order chi connectivity index (χ1) is 5.79. The third kappa shape index (κ3) is 1.29.